The molecule has 0 N–H and O–H groups in total. The summed E-state index contributed by atoms with van der Waals surface area (Å²) < 4.78 is 81.7. The molecule has 0 aliphatic carbocycles. The van der Waals surface area contributed by atoms with E-state index in [1.807, 2.05) is 55.4 Å². The van der Waals surface area contributed by atoms with Crippen molar-refractivity contribution in [2.75, 3.05) is 0 Å². The van der Waals surface area contributed by atoms with Crippen LogP contribution in [0, 0.1) is 0 Å². The van der Waals surface area contributed by atoms with Crippen LogP contribution >= 0.6 is 0 Å². The van der Waals surface area contributed by atoms with Crippen molar-refractivity contribution >= 4 is 22.8 Å². The molecule has 2 aromatic rings. The van der Waals surface area contributed by atoms with Crippen LogP contribution in [0.2, 0.25) is 0 Å². The van der Waals surface area contributed by atoms with Crippen LogP contribution < -0.4 is 0 Å². The molecule has 0 saturated carbocycles. The average Bonchev–Trinajstić information content (AvgIpc) is 2.76. The second kappa shape index (κ2) is 11.6. The summed E-state index contributed by atoms with van der Waals surface area (Å²) in [5, 5.41) is 0. The fraction of sp³-hybridized carbons (Fsp3) is 0.533. The highest BCUT2D eigenvalue weighted by Crippen LogP contribution is 2.42. The van der Waals surface area contributed by atoms with Gasteiger partial charge in [-0.2, -0.15) is 26.3 Å². The van der Waals surface area contributed by atoms with Gasteiger partial charge in [-0.3, -0.25) is 9.98 Å². The maximum Gasteiger partial charge on any atom is 0.416 e. The van der Waals surface area contributed by atoms with Gasteiger partial charge in [0.2, 0.25) is 0 Å². The molecule has 8 heteroatoms. The SMILES string of the molecule is CC(=Nc1c(C(C)C)cc(C(F)(F)F)cc1C(C)C)C(C)=Nc1c(C(C)C)cc(C(F)(F)F)cc1C(C)C. The number of aliphatic imine (C=N–C) groups is 2. The first-order valence-corrected chi connectivity index (χ1v) is 12.9. The molecule has 0 saturated heterocycles. The Kier molecular flexibility index (Phi) is 9.66. The lowest BCUT2D eigenvalue weighted by Crippen LogP contribution is -2.11. The molecule has 0 atom stereocenters. The number of halogens is 6. The molecule has 0 fully saturated rings. The predicted molar refractivity (Wildman–Crippen MR) is 145 cm³/mol. The summed E-state index contributed by atoms with van der Waals surface area (Å²) in [6.07, 6.45) is -8.96. The van der Waals surface area contributed by atoms with E-state index in [4.69, 9.17) is 9.98 Å². The third kappa shape index (κ3) is 7.26. The first-order valence-electron chi connectivity index (χ1n) is 12.9. The van der Waals surface area contributed by atoms with Gasteiger partial charge in [0.1, 0.15) is 0 Å². The third-order valence-corrected chi connectivity index (χ3v) is 6.56. The minimum absolute atomic E-state index is 0.214. The Morgan fingerprint density at radius 1 is 0.500 bits per heavy atom. The predicted octanol–water partition coefficient (Wildman–Crippen LogP) is 11.1. The van der Waals surface area contributed by atoms with E-state index >= 15 is 0 Å². The molecule has 0 radical (unpaired) electrons. The highest BCUT2D eigenvalue weighted by Gasteiger charge is 2.34. The van der Waals surface area contributed by atoms with Gasteiger partial charge in [-0.1, -0.05) is 55.4 Å². The smallest absolute Gasteiger partial charge is 0.251 e. The molecule has 0 unspecified atom stereocenters. The van der Waals surface area contributed by atoms with Crippen LogP contribution in [0.5, 0.6) is 0 Å². The fourth-order valence-corrected chi connectivity index (χ4v) is 4.20. The van der Waals surface area contributed by atoms with E-state index in [1.165, 1.54) is 0 Å². The van der Waals surface area contributed by atoms with Crippen molar-refractivity contribution in [2.45, 2.75) is 105 Å². The van der Waals surface area contributed by atoms with Gasteiger partial charge in [-0.25, -0.2) is 0 Å². The first kappa shape index (κ1) is 31.6. The minimum atomic E-state index is -4.48. The van der Waals surface area contributed by atoms with E-state index in [0.717, 1.165) is 24.3 Å². The summed E-state index contributed by atoms with van der Waals surface area (Å²) in [5.74, 6) is -0.857. The van der Waals surface area contributed by atoms with E-state index in [2.05, 4.69) is 0 Å². The Bertz CT molecular complexity index is 1060. The number of hydrogen-bond donors (Lipinski definition) is 0. The zero-order valence-corrected chi connectivity index (χ0v) is 23.8. The van der Waals surface area contributed by atoms with Crippen molar-refractivity contribution in [3.05, 3.63) is 57.6 Å². The lowest BCUT2D eigenvalue weighted by molar-refractivity contribution is -0.138. The lowest BCUT2D eigenvalue weighted by Gasteiger charge is -2.21. The quantitative estimate of drug-likeness (QED) is 0.246. The summed E-state index contributed by atoms with van der Waals surface area (Å²) >= 11 is 0. The number of hydrogen-bond acceptors (Lipinski definition) is 2. The summed E-state index contributed by atoms with van der Waals surface area (Å²) in [7, 11) is 0. The van der Waals surface area contributed by atoms with Crippen molar-refractivity contribution in [1.29, 1.82) is 0 Å². The van der Waals surface area contributed by atoms with E-state index in [-0.39, 0.29) is 23.7 Å². The lowest BCUT2D eigenvalue weighted by atomic mass is 9.90. The maximum atomic E-state index is 13.6. The Labute approximate surface area is 222 Å². The second-order valence-electron chi connectivity index (χ2n) is 11.0. The van der Waals surface area contributed by atoms with Crippen LogP contribution in [-0.4, -0.2) is 11.4 Å². The molecule has 0 aromatic heterocycles. The number of benzene rings is 2. The Morgan fingerprint density at radius 2 is 0.711 bits per heavy atom. The number of nitrogens with zero attached hydrogens (tertiary/aromatic N) is 2. The van der Waals surface area contributed by atoms with Crippen LogP contribution in [-0.2, 0) is 12.4 Å². The molecule has 0 heterocycles. The molecule has 0 aliphatic rings. The van der Waals surface area contributed by atoms with Crippen molar-refractivity contribution in [3.8, 4) is 0 Å². The van der Waals surface area contributed by atoms with Crippen LogP contribution in [0.1, 0.15) is 126 Å². The van der Waals surface area contributed by atoms with Gasteiger partial charge in [0.25, 0.3) is 0 Å². The van der Waals surface area contributed by atoms with Gasteiger partial charge in [-0.05, 0) is 84.0 Å². The molecule has 38 heavy (non-hydrogen) atoms. The van der Waals surface area contributed by atoms with E-state index in [1.54, 1.807) is 13.8 Å². The average molecular weight is 541 g/mol. The second-order valence-corrected chi connectivity index (χ2v) is 11.0. The molecule has 2 aromatic carbocycles. The number of rotatable bonds is 7. The zero-order chi connectivity index (χ0) is 29.3. The largest absolute Gasteiger partial charge is 0.416 e. The first-order chi connectivity index (χ1) is 17.2. The van der Waals surface area contributed by atoms with Gasteiger partial charge in [0, 0.05) is 0 Å². The Hall–Kier alpha value is -2.64. The molecular formula is C30H38F6N2. The van der Waals surface area contributed by atoms with Crippen LogP contribution in [0.25, 0.3) is 0 Å². The van der Waals surface area contributed by atoms with Crippen molar-refractivity contribution in [1.82, 2.24) is 0 Å². The topological polar surface area (TPSA) is 24.7 Å². The molecule has 2 rings (SSSR count). The summed E-state index contributed by atoms with van der Waals surface area (Å²) in [6.45, 7) is 18.0. The molecule has 0 amide bonds. The maximum absolute atomic E-state index is 13.6. The van der Waals surface area contributed by atoms with Gasteiger partial charge in [0.15, 0.2) is 0 Å². The van der Waals surface area contributed by atoms with Crippen molar-refractivity contribution in [2.24, 2.45) is 9.98 Å². The fourth-order valence-electron chi connectivity index (χ4n) is 4.20. The molecule has 0 spiro atoms. The highest BCUT2D eigenvalue weighted by atomic mass is 19.4. The molecule has 2 nitrogen and oxygen atoms in total. The van der Waals surface area contributed by atoms with E-state index in [0.29, 0.717) is 45.1 Å². The number of alkyl halides is 6. The summed E-state index contributed by atoms with van der Waals surface area (Å²) in [5.41, 5.74) is 2.44. The molecule has 0 aliphatic heterocycles. The van der Waals surface area contributed by atoms with Gasteiger partial charge in [-0.15, -0.1) is 0 Å². The van der Waals surface area contributed by atoms with E-state index in [9.17, 15) is 26.3 Å². The van der Waals surface area contributed by atoms with Crippen molar-refractivity contribution < 1.29 is 26.3 Å². The summed E-state index contributed by atoms with van der Waals surface area (Å²) in [4.78, 5) is 9.53. The standard InChI is InChI=1S/C30H38F6N2/c1-15(2)23-11-21(29(31,32)33)12-24(16(3)4)27(23)37-19(9)20(10)38-28-25(17(5)6)13-22(30(34,35)36)14-26(28)18(7)8/h11-18H,1-10H3. The van der Waals surface area contributed by atoms with E-state index < -0.39 is 23.5 Å². The van der Waals surface area contributed by atoms with Crippen molar-refractivity contribution in [3.63, 3.8) is 0 Å². The Morgan fingerprint density at radius 3 is 0.868 bits per heavy atom. The van der Waals surface area contributed by atoms with Gasteiger partial charge in [0.05, 0.1) is 33.9 Å². The third-order valence-electron chi connectivity index (χ3n) is 6.56. The monoisotopic (exact) mass is 540 g/mol. The Balaban J connectivity index is 2.81. The van der Waals surface area contributed by atoms with Crippen LogP contribution in [0.15, 0.2) is 34.3 Å². The molecular weight excluding hydrogens is 502 g/mol. The van der Waals surface area contributed by atoms with Gasteiger partial charge >= 0.3 is 12.4 Å². The highest BCUT2D eigenvalue weighted by molar-refractivity contribution is 6.41. The van der Waals surface area contributed by atoms with Gasteiger partial charge < -0.3 is 0 Å². The minimum Gasteiger partial charge on any atom is -0.251 e. The molecule has 210 valence electrons. The zero-order valence-electron chi connectivity index (χ0n) is 23.8. The normalized spacial score (nSPS) is 14.0. The van der Waals surface area contributed by atoms with Crippen LogP contribution in [0.3, 0.4) is 0 Å². The van der Waals surface area contributed by atoms with Crippen LogP contribution in [0.4, 0.5) is 37.7 Å². The summed E-state index contributed by atoms with van der Waals surface area (Å²) in [6, 6.07) is 4.61. The molecule has 0 bridgehead atoms.